The fourth-order valence-electron chi connectivity index (χ4n) is 4.97. The van der Waals surface area contributed by atoms with E-state index in [0.717, 1.165) is 0 Å². The zero-order valence-corrected chi connectivity index (χ0v) is 31.5. The van der Waals surface area contributed by atoms with Gasteiger partial charge in [-0.2, -0.15) is 0 Å². The lowest BCUT2D eigenvalue weighted by molar-refractivity contribution is -0.205. The maximum absolute atomic E-state index is 13.1. The van der Waals surface area contributed by atoms with Crippen LogP contribution in [-0.2, 0) is 48.1 Å². The van der Waals surface area contributed by atoms with Gasteiger partial charge in [-0.05, 0) is 77.3 Å². The molecule has 2 unspecified atom stereocenters. The van der Waals surface area contributed by atoms with E-state index in [-0.39, 0.29) is 50.3 Å². The van der Waals surface area contributed by atoms with E-state index in [1.807, 2.05) is 0 Å². The fourth-order valence-corrected chi connectivity index (χ4v) is 4.97. The minimum atomic E-state index is -1.33. The van der Waals surface area contributed by atoms with Crippen LogP contribution in [0.3, 0.4) is 0 Å². The number of carbonyl (C=O) groups excluding carboxylic acids is 6. The van der Waals surface area contributed by atoms with Crippen molar-refractivity contribution in [2.24, 2.45) is 11.5 Å². The van der Waals surface area contributed by atoms with Gasteiger partial charge in [-0.25, -0.2) is 10.5 Å². The van der Waals surface area contributed by atoms with Gasteiger partial charge in [0.25, 0.3) is 0 Å². The average Bonchev–Trinajstić information content (AvgIpc) is 3.14. The molecule has 6 amide bonds. The summed E-state index contributed by atoms with van der Waals surface area (Å²) in [5, 5.41) is 50.7. The van der Waals surface area contributed by atoms with Gasteiger partial charge in [-0.3, -0.25) is 38.4 Å². The van der Waals surface area contributed by atoms with Gasteiger partial charge in [0.1, 0.15) is 35.7 Å². The second-order valence-electron chi connectivity index (χ2n) is 12.7. The molecule has 0 aromatic heterocycles. The van der Waals surface area contributed by atoms with E-state index >= 15 is 0 Å². The number of aliphatic carboxylic acids is 2. The first-order chi connectivity index (χ1) is 26.6. The SMILES string of the molecule is C=C(CC(=O)NC(CCC(=O)O)C(=O)N[C@@H](CCCCN)C(=O)NCCCCNC(=O)[C@H](CCCCN)NC(=O)C(CCC(=O)O)NC(=O)CC(=C)OO)OO. The molecule has 56 heavy (non-hydrogen) atoms. The average molecular weight is 803 g/mol. The number of nitrogens with two attached hydrogens (primary N) is 2. The van der Waals surface area contributed by atoms with Gasteiger partial charge < -0.3 is 63.4 Å². The Balaban J connectivity index is 5.38. The summed E-state index contributed by atoms with van der Waals surface area (Å²) in [5.41, 5.74) is 11.2. The highest BCUT2D eigenvalue weighted by Gasteiger charge is 2.29. The van der Waals surface area contributed by atoms with E-state index < -0.39 is 97.2 Å². The van der Waals surface area contributed by atoms with Gasteiger partial charge in [-0.1, -0.05) is 13.2 Å². The molecule has 0 fully saturated rings. The molecule has 22 nitrogen and oxygen atoms in total. The fraction of sp³-hybridized carbons (Fsp3) is 0.647. The molecule has 14 N–H and O–H groups in total. The van der Waals surface area contributed by atoms with Crippen LogP contribution in [0, 0.1) is 0 Å². The van der Waals surface area contributed by atoms with Crippen LogP contribution < -0.4 is 43.4 Å². The number of rotatable bonds is 33. The maximum atomic E-state index is 13.1. The van der Waals surface area contributed by atoms with E-state index in [1.165, 1.54) is 0 Å². The van der Waals surface area contributed by atoms with Crippen molar-refractivity contribution in [3.05, 3.63) is 24.7 Å². The van der Waals surface area contributed by atoms with Crippen LogP contribution in [0.4, 0.5) is 0 Å². The smallest absolute Gasteiger partial charge is 0.303 e. The zero-order valence-electron chi connectivity index (χ0n) is 31.5. The molecule has 22 heteroatoms. The predicted octanol–water partition coefficient (Wildman–Crippen LogP) is -1.29. The molecule has 0 rings (SSSR count). The topological polar surface area (TPSA) is 360 Å². The van der Waals surface area contributed by atoms with Gasteiger partial charge in [0.15, 0.2) is 0 Å². The monoisotopic (exact) mass is 802 g/mol. The second-order valence-corrected chi connectivity index (χ2v) is 12.7. The molecule has 4 atom stereocenters. The van der Waals surface area contributed by atoms with Crippen molar-refractivity contribution in [1.82, 2.24) is 31.9 Å². The number of hydrogen-bond donors (Lipinski definition) is 12. The first kappa shape index (κ1) is 50.7. The lowest BCUT2D eigenvalue weighted by Gasteiger charge is -2.23. The summed E-state index contributed by atoms with van der Waals surface area (Å²) < 4.78 is 0. The largest absolute Gasteiger partial charge is 0.481 e. The van der Waals surface area contributed by atoms with Crippen molar-refractivity contribution >= 4 is 47.4 Å². The van der Waals surface area contributed by atoms with E-state index in [0.29, 0.717) is 51.6 Å². The van der Waals surface area contributed by atoms with E-state index in [1.54, 1.807) is 0 Å². The third-order valence-corrected chi connectivity index (χ3v) is 7.93. The molecule has 0 saturated heterocycles. The lowest BCUT2D eigenvalue weighted by Crippen LogP contribution is -2.54. The molecule has 0 aliphatic rings. The molecule has 0 aliphatic carbocycles. The van der Waals surface area contributed by atoms with Crippen molar-refractivity contribution in [1.29, 1.82) is 0 Å². The van der Waals surface area contributed by atoms with Crippen molar-refractivity contribution < 1.29 is 68.9 Å². The van der Waals surface area contributed by atoms with Crippen LogP contribution >= 0.6 is 0 Å². The quantitative estimate of drug-likeness (QED) is 0.0159. The predicted molar refractivity (Wildman–Crippen MR) is 197 cm³/mol. The van der Waals surface area contributed by atoms with Crippen molar-refractivity contribution in [3.63, 3.8) is 0 Å². The molecule has 0 bridgehead atoms. The van der Waals surface area contributed by atoms with E-state index in [2.05, 4.69) is 54.8 Å². The Kier molecular flexibility index (Phi) is 27.1. The summed E-state index contributed by atoms with van der Waals surface area (Å²) in [6.45, 7) is 7.54. The number of nitrogens with one attached hydrogen (secondary N) is 6. The third kappa shape index (κ3) is 24.2. The Bertz CT molecular complexity index is 1230. The van der Waals surface area contributed by atoms with Crippen molar-refractivity contribution in [2.45, 2.75) is 114 Å². The highest BCUT2D eigenvalue weighted by molar-refractivity contribution is 5.93. The molecule has 0 aromatic carbocycles. The van der Waals surface area contributed by atoms with Crippen LogP contribution in [0.2, 0.25) is 0 Å². The van der Waals surface area contributed by atoms with Crippen LogP contribution in [0.25, 0.3) is 0 Å². The number of unbranched alkanes of at least 4 members (excludes halogenated alkanes) is 3. The Hall–Kier alpha value is -5.32. The molecule has 0 radical (unpaired) electrons. The minimum Gasteiger partial charge on any atom is -0.481 e. The summed E-state index contributed by atoms with van der Waals surface area (Å²) in [5.74, 6) is -7.35. The van der Waals surface area contributed by atoms with Gasteiger partial charge in [0, 0.05) is 25.9 Å². The number of carboxylic acid groups (broad SMARTS) is 2. The van der Waals surface area contributed by atoms with Crippen LogP contribution in [0.5, 0.6) is 0 Å². The summed E-state index contributed by atoms with van der Waals surface area (Å²) >= 11 is 0. The Morgan fingerprint density at radius 2 is 0.839 bits per heavy atom. The first-order valence-electron chi connectivity index (χ1n) is 18.1. The van der Waals surface area contributed by atoms with Crippen LogP contribution in [0.1, 0.15) is 89.9 Å². The van der Waals surface area contributed by atoms with Crippen molar-refractivity contribution in [3.8, 4) is 0 Å². The van der Waals surface area contributed by atoms with Crippen LogP contribution in [-0.4, -0.2) is 118 Å². The highest BCUT2D eigenvalue weighted by atomic mass is 17.1. The first-order valence-corrected chi connectivity index (χ1v) is 18.1. The second kappa shape index (κ2) is 30.0. The number of hydrogen-bond acceptors (Lipinski definition) is 14. The number of carbonyl (C=O) groups is 8. The summed E-state index contributed by atoms with van der Waals surface area (Å²) in [6.07, 6.45) is 0.596. The summed E-state index contributed by atoms with van der Waals surface area (Å²) in [6, 6.07) is -4.77. The van der Waals surface area contributed by atoms with Crippen LogP contribution in [0.15, 0.2) is 24.7 Å². The van der Waals surface area contributed by atoms with Crippen molar-refractivity contribution in [2.75, 3.05) is 26.2 Å². The Morgan fingerprint density at radius 1 is 0.500 bits per heavy atom. The molecule has 0 aliphatic heterocycles. The van der Waals surface area contributed by atoms with Gasteiger partial charge >= 0.3 is 11.9 Å². The molecular weight excluding hydrogens is 744 g/mol. The normalized spacial score (nSPS) is 12.7. The summed E-state index contributed by atoms with van der Waals surface area (Å²) in [4.78, 5) is 107. The van der Waals surface area contributed by atoms with Gasteiger partial charge in [-0.15, -0.1) is 0 Å². The molecule has 0 heterocycles. The Morgan fingerprint density at radius 3 is 1.14 bits per heavy atom. The van der Waals surface area contributed by atoms with Gasteiger partial charge in [0.2, 0.25) is 35.4 Å². The van der Waals surface area contributed by atoms with Gasteiger partial charge in [0.05, 0.1) is 12.8 Å². The summed E-state index contributed by atoms with van der Waals surface area (Å²) in [7, 11) is 0. The van der Waals surface area contributed by atoms with E-state index in [4.69, 9.17) is 32.2 Å². The number of amides is 6. The highest BCUT2D eigenvalue weighted by Crippen LogP contribution is 2.08. The maximum Gasteiger partial charge on any atom is 0.303 e. The zero-order chi connectivity index (χ0) is 42.5. The Labute approximate surface area is 324 Å². The minimum absolute atomic E-state index is 0.135. The molecular formula is C34H58N8O14. The van der Waals surface area contributed by atoms with E-state index in [9.17, 15) is 38.4 Å². The molecule has 0 spiro atoms. The lowest BCUT2D eigenvalue weighted by atomic mass is 10.1. The molecule has 0 saturated carbocycles. The molecule has 318 valence electrons. The standard InChI is InChI=1S/C34H58N8O14/c1-21(55-53)19-27(43)39-25(11-13-29(45)46)33(51)41-23(9-3-5-15-35)31(49)37-17-7-8-18-38-32(50)24(10-4-6-16-36)42-34(52)26(12-14-30(47)48)40-28(44)20-22(2)56-54/h23-26,53-54H,1-20,35-36H2,(H,37,49)(H,38,50)(H,39,43)(H,40,44)(H,41,51)(H,42,52)(H,45,46)(H,47,48)/t23-,24-,25?,26?/m0/s1. The number of carboxylic acids is 2. The molecule has 0 aromatic rings. The third-order valence-electron chi connectivity index (χ3n) is 7.93.